The number of ether oxygens (including phenoxy) is 2. The second-order valence-electron chi connectivity index (χ2n) is 13.7. The Labute approximate surface area is 236 Å². The SMILES string of the molecule is CCCCCCCCC(C)(C)CCOC(=O)C1CCC(C(=O)OCCC(C)(C)CCCCCCCC)CC1. The Hall–Kier alpha value is -1.06. The topological polar surface area (TPSA) is 52.6 Å². The van der Waals surface area contributed by atoms with E-state index in [1.807, 2.05) is 0 Å². The zero-order valence-electron chi connectivity index (χ0n) is 26.3. The summed E-state index contributed by atoms with van der Waals surface area (Å²) in [6.45, 7) is 14.7. The van der Waals surface area contributed by atoms with E-state index < -0.39 is 0 Å². The predicted molar refractivity (Wildman–Crippen MR) is 160 cm³/mol. The maximum absolute atomic E-state index is 12.6. The molecule has 0 aliphatic heterocycles. The number of carbonyl (C=O) groups is 2. The number of unbranched alkanes of at least 4 members (excludes halogenated alkanes) is 10. The number of hydrogen-bond acceptors (Lipinski definition) is 4. The van der Waals surface area contributed by atoms with Crippen LogP contribution in [-0.2, 0) is 19.1 Å². The van der Waals surface area contributed by atoms with Crippen molar-refractivity contribution < 1.29 is 19.1 Å². The van der Waals surface area contributed by atoms with Crippen molar-refractivity contribution in [1.82, 2.24) is 0 Å². The normalized spacial score (nSPS) is 18.4. The fraction of sp³-hybridized carbons (Fsp3) is 0.941. The molecule has 1 rings (SSSR count). The van der Waals surface area contributed by atoms with Gasteiger partial charge in [-0.2, -0.15) is 0 Å². The van der Waals surface area contributed by atoms with Gasteiger partial charge < -0.3 is 9.47 Å². The summed E-state index contributed by atoms with van der Waals surface area (Å²) < 4.78 is 11.4. The van der Waals surface area contributed by atoms with Crippen molar-refractivity contribution in [3.8, 4) is 0 Å². The molecular weight excluding hydrogens is 472 g/mol. The van der Waals surface area contributed by atoms with E-state index in [4.69, 9.17) is 9.47 Å². The molecule has 1 saturated carbocycles. The third kappa shape index (κ3) is 16.8. The zero-order valence-corrected chi connectivity index (χ0v) is 26.3. The average Bonchev–Trinajstić information content (AvgIpc) is 2.88. The Bertz CT molecular complexity index is 562. The molecule has 0 aromatic heterocycles. The first kappa shape index (κ1) is 35.0. The van der Waals surface area contributed by atoms with Gasteiger partial charge in [0.05, 0.1) is 25.0 Å². The Balaban J connectivity index is 2.17. The van der Waals surface area contributed by atoms with Crippen molar-refractivity contribution >= 4 is 11.9 Å². The minimum atomic E-state index is -0.0661. The monoisotopic (exact) mass is 536 g/mol. The van der Waals surface area contributed by atoms with Gasteiger partial charge in [-0.1, -0.05) is 119 Å². The Kier molecular flexibility index (Phi) is 18.3. The lowest BCUT2D eigenvalue weighted by Crippen LogP contribution is -2.29. The Morgan fingerprint density at radius 1 is 0.526 bits per heavy atom. The third-order valence-electron chi connectivity index (χ3n) is 8.85. The number of esters is 2. The molecule has 0 saturated heterocycles. The largest absolute Gasteiger partial charge is 0.465 e. The van der Waals surface area contributed by atoms with Gasteiger partial charge in [0.15, 0.2) is 0 Å². The third-order valence-corrected chi connectivity index (χ3v) is 8.85. The van der Waals surface area contributed by atoms with Crippen molar-refractivity contribution in [3.05, 3.63) is 0 Å². The number of hydrogen-bond donors (Lipinski definition) is 0. The number of rotatable bonds is 22. The van der Waals surface area contributed by atoms with Crippen LogP contribution in [0.5, 0.6) is 0 Å². The summed E-state index contributed by atoms with van der Waals surface area (Å²) in [6, 6.07) is 0. The van der Waals surface area contributed by atoms with Gasteiger partial charge in [-0.05, 0) is 62.2 Å². The lowest BCUT2D eigenvalue weighted by Gasteiger charge is -2.28. The van der Waals surface area contributed by atoms with E-state index in [0.29, 0.717) is 13.2 Å². The fourth-order valence-electron chi connectivity index (χ4n) is 5.67. The molecule has 1 aliphatic carbocycles. The van der Waals surface area contributed by atoms with Crippen molar-refractivity contribution in [1.29, 1.82) is 0 Å². The molecule has 0 aromatic rings. The first-order chi connectivity index (χ1) is 18.1. The summed E-state index contributed by atoms with van der Waals surface area (Å²) in [5, 5.41) is 0. The summed E-state index contributed by atoms with van der Waals surface area (Å²) in [4.78, 5) is 25.3. The average molecular weight is 537 g/mol. The highest BCUT2D eigenvalue weighted by atomic mass is 16.5. The van der Waals surface area contributed by atoms with Crippen LogP contribution in [0.2, 0.25) is 0 Å². The first-order valence-corrected chi connectivity index (χ1v) is 16.4. The van der Waals surface area contributed by atoms with Crippen LogP contribution in [0.1, 0.15) is 170 Å². The van der Waals surface area contributed by atoms with E-state index in [2.05, 4.69) is 41.5 Å². The van der Waals surface area contributed by atoms with E-state index in [9.17, 15) is 9.59 Å². The van der Waals surface area contributed by atoms with Crippen LogP contribution in [0.25, 0.3) is 0 Å². The molecule has 0 radical (unpaired) electrons. The van der Waals surface area contributed by atoms with Gasteiger partial charge in [0.1, 0.15) is 0 Å². The van der Waals surface area contributed by atoms with Crippen LogP contribution in [-0.4, -0.2) is 25.2 Å². The molecule has 1 fully saturated rings. The highest BCUT2D eigenvalue weighted by molar-refractivity contribution is 5.75. The van der Waals surface area contributed by atoms with Crippen LogP contribution in [0.4, 0.5) is 0 Å². The molecule has 1 aliphatic rings. The van der Waals surface area contributed by atoms with Gasteiger partial charge in [0, 0.05) is 0 Å². The van der Waals surface area contributed by atoms with Crippen LogP contribution in [0.3, 0.4) is 0 Å². The van der Waals surface area contributed by atoms with Crippen LogP contribution < -0.4 is 0 Å². The lowest BCUT2D eigenvalue weighted by molar-refractivity contribution is -0.156. The van der Waals surface area contributed by atoms with Crippen LogP contribution in [0, 0.1) is 22.7 Å². The summed E-state index contributed by atoms with van der Waals surface area (Å²) in [6.07, 6.45) is 23.0. The smallest absolute Gasteiger partial charge is 0.308 e. The molecule has 38 heavy (non-hydrogen) atoms. The first-order valence-electron chi connectivity index (χ1n) is 16.4. The Morgan fingerprint density at radius 3 is 1.18 bits per heavy atom. The lowest BCUT2D eigenvalue weighted by atomic mass is 9.82. The molecule has 4 nitrogen and oxygen atoms in total. The van der Waals surface area contributed by atoms with E-state index in [1.165, 1.54) is 89.9 Å². The molecule has 0 amide bonds. The molecule has 0 spiro atoms. The van der Waals surface area contributed by atoms with Gasteiger partial charge in [0.25, 0.3) is 0 Å². The van der Waals surface area contributed by atoms with Gasteiger partial charge >= 0.3 is 11.9 Å². The van der Waals surface area contributed by atoms with Crippen molar-refractivity contribution in [2.45, 2.75) is 170 Å². The molecule has 0 bridgehead atoms. The maximum atomic E-state index is 12.6. The highest BCUT2D eigenvalue weighted by Gasteiger charge is 2.32. The molecule has 224 valence electrons. The van der Waals surface area contributed by atoms with Gasteiger partial charge in [-0.15, -0.1) is 0 Å². The molecule has 0 atom stereocenters. The molecule has 4 heteroatoms. The molecule has 0 unspecified atom stereocenters. The molecule has 0 heterocycles. The fourth-order valence-corrected chi connectivity index (χ4v) is 5.67. The standard InChI is InChI=1S/C34H64O4/c1-7-9-11-13-15-17-23-33(3,4)25-27-37-31(35)29-19-21-30(22-20-29)32(36)38-28-26-34(5,6)24-18-16-14-12-10-8-2/h29-30H,7-28H2,1-6H3. The zero-order chi connectivity index (χ0) is 28.3. The maximum Gasteiger partial charge on any atom is 0.308 e. The van der Waals surface area contributed by atoms with Crippen molar-refractivity contribution in [2.75, 3.05) is 13.2 Å². The van der Waals surface area contributed by atoms with Gasteiger partial charge in [-0.25, -0.2) is 0 Å². The summed E-state index contributed by atoms with van der Waals surface area (Å²) in [5.74, 6) is -0.249. The summed E-state index contributed by atoms with van der Waals surface area (Å²) >= 11 is 0. The van der Waals surface area contributed by atoms with Gasteiger partial charge in [-0.3, -0.25) is 9.59 Å². The van der Waals surface area contributed by atoms with Crippen LogP contribution >= 0.6 is 0 Å². The quantitative estimate of drug-likeness (QED) is 0.102. The molecule has 0 aromatic carbocycles. The van der Waals surface area contributed by atoms with E-state index in [1.54, 1.807) is 0 Å². The highest BCUT2D eigenvalue weighted by Crippen LogP contribution is 2.33. The predicted octanol–water partition coefficient (Wildman–Crippen LogP) is 10.2. The van der Waals surface area contributed by atoms with Crippen LogP contribution in [0.15, 0.2) is 0 Å². The Morgan fingerprint density at radius 2 is 0.842 bits per heavy atom. The molecular formula is C34H64O4. The number of carbonyl (C=O) groups excluding carboxylic acids is 2. The minimum Gasteiger partial charge on any atom is -0.465 e. The summed E-state index contributed by atoms with van der Waals surface area (Å²) in [5.41, 5.74) is 0.436. The van der Waals surface area contributed by atoms with Crippen molar-refractivity contribution in [2.24, 2.45) is 22.7 Å². The van der Waals surface area contributed by atoms with E-state index in [-0.39, 0.29) is 34.6 Å². The van der Waals surface area contributed by atoms with Crippen molar-refractivity contribution in [3.63, 3.8) is 0 Å². The second kappa shape index (κ2) is 19.9. The summed E-state index contributed by atoms with van der Waals surface area (Å²) in [7, 11) is 0. The minimum absolute atomic E-state index is 0.0583. The molecule has 0 N–H and O–H groups in total. The van der Waals surface area contributed by atoms with E-state index >= 15 is 0 Å². The van der Waals surface area contributed by atoms with Gasteiger partial charge in [0.2, 0.25) is 0 Å². The van der Waals surface area contributed by atoms with E-state index in [0.717, 1.165) is 38.5 Å². The second-order valence-corrected chi connectivity index (χ2v) is 13.7.